The van der Waals surface area contributed by atoms with Gasteiger partial charge in [-0.1, -0.05) is 11.9 Å². The van der Waals surface area contributed by atoms with Crippen LogP contribution in [0, 0.1) is 0 Å². The summed E-state index contributed by atoms with van der Waals surface area (Å²) >= 11 is 3.57. The molecule has 1 aromatic carbocycles. The molecule has 2 aliphatic rings. The van der Waals surface area contributed by atoms with Gasteiger partial charge in [0.15, 0.2) is 0 Å². The lowest BCUT2D eigenvalue weighted by Gasteiger charge is -2.37. The zero-order valence-electron chi connectivity index (χ0n) is 18.2. The first kappa shape index (κ1) is 22.3. The number of aromatic nitrogens is 1. The standard InChI is InChI=1S/C22H33N3O3S2/c1-21(2,3)30-24-22(6-11-26-12-7-22)20-23-18-5-4-17(16-19(18)29-20)28-15-10-25-8-13-27-14-9-25/h4-5,16,24H,6-15H2,1-3H3. The summed E-state index contributed by atoms with van der Waals surface area (Å²) in [6.45, 7) is 13.5. The number of thiazole rings is 1. The number of hydrogen-bond acceptors (Lipinski definition) is 8. The second-order valence-corrected chi connectivity index (χ2v) is 11.6. The minimum Gasteiger partial charge on any atom is -0.492 e. The molecule has 4 rings (SSSR count). The van der Waals surface area contributed by atoms with Crippen molar-refractivity contribution in [2.45, 2.75) is 43.9 Å². The van der Waals surface area contributed by atoms with Gasteiger partial charge in [-0.25, -0.2) is 4.98 Å². The van der Waals surface area contributed by atoms with E-state index in [1.165, 1.54) is 4.70 Å². The molecule has 2 saturated heterocycles. The fourth-order valence-electron chi connectivity index (χ4n) is 3.65. The number of ether oxygens (including phenoxy) is 3. The van der Waals surface area contributed by atoms with E-state index in [4.69, 9.17) is 19.2 Å². The number of nitrogens with one attached hydrogen (secondary N) is 1. The van der Waals surface area contributed by atoms with Crippen LogP contribution in [0.2, 0.25) is 0 Å². The smallest absolute Gasteiger partial charge is 0.120 e. The molecule has 0 radical (unpaired) electrons. The van der Waals surface area contributed by atoms with E-state index >= 15 is 0 Å². The summed E-state index contributed by atoms with van der Waals surface area (Å²) in [7, 11) is 0. The topological polar surface area (TPSA) is 55.9 Å². The van der Waals surface area contributed by atoms with Crippen LogP contribution in [0.15, 0.2) is 18.2 Å². The molecule has 3 heterocycles. The summed E-state index contributed by atoms with van der Waals surface area (Å²) in [5.74, 6) is 0.920. The first-order valence-electron chi connectivity index (χ1n) is 10.8. The molecule has 2 aromatic rings. The van der Waals surface area contributed by atoms with Gasteiger partial charge in [0, 0.05) is 37.6 Å². The van der Waals surface area contributed by atoms with Crippen molar-refractivity contribution < 1.29 is 14.2 Å². The Labute approximate surface area is 187 Å². The highest BCUT2D eigenvalue weighted by Crippen LogP contribution is 2.40. The van der Waals surface area contributed by atoms with E-state index in [1.54, 1.807) is 23.3 Å². The molecule has 0 spiro atoms. The maximum atomic E-state index is 6.05. The maximum Gasteiger partial charge on any atom is 0.120 e. The first-order valence-corrected chi connectivity index (χ1v) is 12.4. The lowest BCUT2D eigenvalue weighted by atomic mass is 9.92. The highest BCUT2D eigenvalue weighted by atomic mass is 32.2. The van der Waals surface area contributed by atoms with Gasteiger partial charge in [-0.2, -0.15) is 0 Å². The van der Waals surface area contributed by atoms with E-state index in [0.717, 1.165) is 75.2 Å². The van der Waals surface area contributed by atoms with Gasteiger partial charge in [0.2, 0.25) is 0 Å². The van der Waals surface area contributed by atoms with Crippen molar-refractivity contribution in [2.75, 3.05) is 52.7 Å². The molecule has 6 nitrogen and oxygen atoms in total. The van der Waals surface area contributed by atoms with Crippen LogP contribution in [0.1, 0.15) is 38.6 Å². The highest BCUT2D eigenvalue weighted by molar-refractivity contribution is 7.98. The van der Waals surface area contributed by atoms with Crippen molar-refractivity contribution >= 4 is 33.5 Å². The molecule has 0 atom stereocenters. The van der Waals surface area contributed by atoms with Crippen molar-refractivity contribution in [3.05, 3.63) is 23.2 Å². The third-order valence-corrected chi connectivity index (χ3v) is 7.78. The molecule has 0 unspecified atom stereocenters. The van der Waals surface area contributed by atoms with Crippen LogP contribution < -0.4 is 9.46 Å². The largest absolute Gasteiger partial charge is 0.492 e. The molecule has 0 aliphatic carbocycles. The van der Waals surface area contributed by atoms with Gasteiger partial charge in [-0.15, -0.1) is 11.3 Å². The molecular weight excluding hydrogens is 418 g/mol. The molecule has 0 saturated carbocycles. The predicted molar refractivity (Wildman–Crippen MR) is 125 cm³/mol. The number of morpholine rings is 1. The number of nitrogens with zero attached hydrogens (tertiary/aromatic N) is 2. The number of fused-ring (bicyclic) bond motifs is 1. The van der Waals surface area contributed by atoms with Crippen LogP contribution in [0.25, 0.3) is 10.2 Å². The third kappa shape index (κ3) is 5.66. The molecule has 30 heavy (non-hydrogen) atoms. The van der Waals surface area contributed by atoms with Crippen LogP contribution in [-0.2, 0) is 15.0 Å². The van der Waals surface area contributed by atoms with Gasteiger partial charge >= 0.3 is 0 Å². The van der Waals surface area contributed by atoms with Crippen molar-refractivity contribution in [3.8, 4) is 5.75 Å². The third-order valence-electron chi connectivity index (χ3n) is 5.45. The molecule has 1 N–H and O–H groups in total. The summed E-state index contributed by atoms with van der Waals surface area (Å²) < 4.78 is 22.2. The molecule has 0 amide bonds. The Hall–Kier alpha value is -0.900. The molecule has 1 aromatic heterocycles. The summed E-state index contributed by atoms with van der Waals surface area (Å²) in [5, 5.41) is 1.16. The highest BCUT2D eigenvalue weighted by Gasteiger charge is 2.38. The van der Waals surface area contributed by atoms with Crippen molar-refractivity contribution in [3.63, 3.8) is 0 Å². The fraction of sp³-hybridized carbons (Fsp3) is 0.682. The van der Waals surface area contributed by atoms with Crippen LogP contribution in [0.5, 0.6) is 5.75 Å². The van der Waals surface area contributed by atoms with Crippen LogP contribution in [-0.4, -0.2) is 67.3 Å². The Morgan fingerprint density at radius 3 is 2.63 bits per heavy atom. The molecule has 2 fully saturated rings. The minimum absolute atomic E-state index is 0.128. The van der Waals surface area contributed by atoms with Gasteiger partial charge in [-0.3, -0.25) is 9.62 Å². The van der Waals surface area contributed by atoms with Crippen molar-refractivity contribution in [1.29, 1.82) is 0 Å². The molecule has 8 heteroatoms. The number of rotatable bonds is 7. The van der Waals surface area contributed by atoms with Gasteiger partial charge in [0.1, 0.15) is 17.4 Å². The lowest BCUT2D eigenvalue weighted by Crippen LogP contribution is -2.44. The second-order valence-electron chi connectivity index (χ2n) is 8.96. The Kier molecular flexibility index (Phi) is 7.22. The van der Waals surface area contributed by atoms with Gasteiger partial charge in [0.05, 0.1) is 29.0 Å². The minimum atomic E-state index is -0.128. The molecular formula is C22H33N3O3S2. The van der Waals surface area contributed by atoms with E-state index < -0.39 is 0 Å². The summed E-state index contributed by atoms with van der Waals surface area (Å²) in [6.07, 6.45) is 1.89. The van der Waals surface area contributed by atoms with E-state index in [2.05, 4.69) is 42.5 Å². The summed E-state index contributed by atoms with van der Waals surface area (Å²) in [4.78, 5) is 7.40. The van der Waals surface area contributed by atoms with Gasteiger partial charge in [0.25, 0.3) is 0 Å². The van der Waals surface area contributed by atoms with E-state index in [1.807, 2.05) is 6.07 Å². The van der Waals surface area contributed by atoms with E-state index in [-0.39, 0.29) is 10.3 Å². The molecule has 2 aliphatic heterocycles. The zero-order valence-corrected chi connectivity index (χ0v) is 19.9. The van der Waals surface area contributed by atoms with E-state index in [0.29, 0.717) is 6.61 Å². The summed E-state index contributed by atoms with van der Waals surface area (Å²) in [5.41, 5.74) is 0.918. The quantitative estimate of drug-likeness (QED) is 0.637. The zero-order chi connectivity index (χ0) is 21.0. The monoisotopic (exact) mass is 451 g/mol. The molecule has 166 valence electrons. The number of hydrogen-bond donors (Lipinski definition) is 1. The van der Waals surface area contributed by atoms with Crippen LogP contribution in [0.3, 0.4) is 0 Å². The Bertz CT molecular complexity index is 825. The molecule has 0 bridgehead atoms. The maximum absolute atomic E-state index is 6.05. The van der Waals surface area contributed by atoms with E-state index in [9.17, 15) is 0 Å². The lowest BCUT2D eigenvalue weighted by molar-refractivity contribution is 0.0322. The van der Waals surface area contributed by atoms with Crippen molar-refractivity contribution in [2.24, 2.45) is 0 Å². The van der Waals surface area contributed by atoms with Crippen molar-refractivity contribution in [1.82, 2.24) is 14.6 Å². The Balaban J connectivity index is 1.46. The average Bonchev–Trinajstić information content (AvgIpc) is 3.17. The SMILES string of the molecule is CC(C)(C)SNC1(c2nc3ccc(OCCN4CCOCC4)cc3s2)CCOCC1. The Morgan fingerprint density at radius 1 is 1.17 bits per heavy atom. The second kappa shape index (κ2) is 9.71. The van der Waals surface area contributed by atoms with Gasteiger partial charge < -0.3 is 14.2 Å². The van der Waals surface area contributed by atoms with Crippen LogP contribution in [0.4, 0.5) is 0 Å². The summed E-state index contributed by atoms with van der Waals surface area (Å²) in [6, 6.07) is 6.27. The van der Waals surface area contributed by atoms with Crippen LogP contribution >= 0.6 is 23.3 Å². The first-order chi connectivity index (χ1) is 14.4. The predicted octanol–water partition coefficient (Wildman–Crippen LogP) is 4.05. The fourth-order valence-corrected chi connectivity index (χ4v) is 5.71. The average molecular weight is 452 g/mol. The van der Waals surface area contributed by atoms with Gasteiger partial charge in [-0.05, 0) is 51.8 Å². The normalized spacial score (nSPS) is 20.5. The number of benzene rings is 1. The Morgan fingerprint density at radius 2 is 1.90 bits per heavy atom.